The molecule has 4 aromatic carbocycles. The Balaban J connectivity index is 1.51. The predicted octanol–water partition coefficient (Wildman–Crippen LogP) is 6.21. The number of carbonyl (C=O) groups excluding carboxylic acids is 1. The minimum absolute atomic E-state index is 0.0633. The summed E-state index contributed by atoms with van der Waals surface area (Å²) in [4.78, 5) is 24.8. The first kappa shape index (κ1) is 29.1. The van der Waals surface area contributed by atoms with Crippen molar-refractivity contribution >= 4 is 21.9 Å². The van der Waals surface area contributed by atoms with E-state index in [2.05, 4.69) is 14.7 Å². The standard InChI is InChI=1S/C35H32N4O4S/c1-24-11-9-12-25(2)33(24)31-21-32-37-35(36-31)38-44(41,42)30-18-10-17-28(20-30)34(40)39(22-27-15-7-4-8-16-27)23-29(43-32)19-26-13-5-3-6-14-26/h3-18,20-21,29H,19,22-23H2,1-2H3,(H,36,37,38)/t29-/m0/s1. The molecule has 222 valence electrons. The van der Waals surface area contributed by atoms with Gasteiger partial charge >= 0.3 is 0 Å². The second kappa shape index (κ2) is 12.3. The summed E-state index contributed by atoms with van der Waals surface area (Å²) in [7, 11) is -4.14. The van der Waals surface area contributed by atoms with Gasteiger partial charge < -0.3 is 9.64 Å². The Morgan fingerprint density at radius 2 is 1.48 bits per heavy atom. The molecule has 8 nitrogen and oxygen atoms in total. The maximum atomic E-state index is 14.1. The molecule has 6 rings (SSSR count). The van der Waals surface area contributed by atoms with Crippen LogP contribution in [0.5, 0.6) is 5.88 Å². The molecule has 0 saturated carbocycles. The Hall–Kier alpha value is -5.02. The quantitative estimate of drug-likeness (QED) is 0.256. The highest BCUT2D eigenvalue weighted by atomic mass is 32.2. The number of benzene rings is 4. The zero-order valence-electron chi connectivity index (χ0n) is 24.5. The van der Waals surface area contributed by atoms with E-state index in [0.717, 1.165) is 27.8 Å². The zero-order chi connectivity index (χ0) is 30.7. The van der Waals surface area contributed by atoms with E-state index < -0.39 is 16.1 Å². The fourth-order valence-corrected chi connectivity index (χ4v) is 6.48. The van der Waals surface area contributed by atoms with E-state index in [-0.39, 0.29) is 34.7 Å². The van der Waals surface area contributed by atoms with E-state index >= 15 is 0 Å². The number of carbonyl (C=O) groups is 1. The SMILES string of the molecule is Cc1cccc(C)c1-c1cc2nc(n1)NS(=O)(=O)c1cccc(c1)C(=O)N(Cc1ccccc1)C[C@H](Cc1ccccc1)O2. The summed E-state index contributed by atoms with van der Waals surface area (Å²) in [6.45, 7) is 4.50. The monoisotopic (exact) mass is 604 g/mol. The Labute approximate surface area is 257 Å². The average molecular weight is 605 g/mol. The number of aromatic nitrogens is 2. The van der Waals surface area contributed by atoms with Gasteiger partial charge in [-0.25, -0.2) is 18.1 Å². The van der Waals surface area contributed by atoms with Crippen molar-refractivity contribution in [1.29, 1.82) is 0 Å². The van der Waals surface area contributed by atoms with Crippen LogP contribution < -0.4 is 9.46 Å². The molecule has 1 aliphatic rings. The first-order valence-electron chi connectivity index (χ1n) is 14.4. The topological polar surface area (TPSA) is 101 Å². The maximum absolute atomic E-state index is 14.1. The van der Waals surface area contributed by atoms with E-state index in [1.54, 1.807) is 23.1 Å². The van der Waals surface area contributed by atoms with Gasteiger partial charge in [0.1, 0.15) is 6.10 Å². The van der Waals surface area contributed by atoms with Gasteiger partial charge in [-0.05, 0) is 54.3 Å². The number of amides is 1. The molecule has 0 saturated heterocycles. The smallest absolute Gasteiger partial charge is 0.264 e. The molecule has 1 amide bonds. The number of hydrogen-bond donors (Lipinski definition) is 1. The molecule has 0 radical (unpaired) electrons. The molecule has 9 heteroatoms. The van der Waals surface area contributed by atoms with Crippen LogP contribution in [0.15, 0.2) is 114 Å². The highest BCUT2D eigenvalue weighted by molar-refractivity contribution is 7.92. The molecule has 44 heavy (non-hydrogen) atoms. The molecule has 5 aromatic rings. The van der Waals surface area contributed by atoms with Crippen LogP contribution in [0, 0.1) is 13.8 Å². The first-order valence-corrected chi connectivity index (χ1v) is 15.9. The van der Waals surface area contributed by atoms with E-state index in [1.165, 1.54) is 12.1 Å². The Morgan fingerprint density at radius 1 is 0.818 bits per heavy atom. The van der Waals surface area contributed by atoms with Crippen LogP contribution in [-0.2, 0) is 23.0 Å². The van der Waals surface area contributed by atoms with Crippen molar-refractivity contribution < 1.29 is 17.9 Å². The fraction of sp³-hybridized carbons (Fsp3) is 0.171. The van der Waals surface area contributed by atoms with Crippen molar-refractivity contribution in [3.8, 4) is 17.1 Å². The van der Waals surface area contributed by atoms with E-state index in [0.29, 0.717) is 18.7 Å². The Morgan fingerprint density at radius 3 is 2.18 bits per heavy atom. The highest BCUT2D eigenvalue weighted by Crippen LogP contribution is 2.30. The van der Waals surface area contributed by atoms with Gasteiger partial charge in [0.2, 0.25) is 11.8 Å². The lowest BCUT2D eigenvalue weighted by Crippen LogP contribution is -2.40. The van der Waals surface area contributed by atoms with Crippen LogP contribution >= 0.6 is 0 Å². The van der Waals surface area contributed by atoms with E-state index in [9.17, 15) is 13.2 Å². The molecular formula is C35H32N4O4S. The van der Waals surface area contributed by atoms with Crippen molar-refractivity contribution in [1.82, 2.24) is 14.9 Å². The lowest BCUT2D eigenvalue weighted by Gasteiger charge is -2.28. The van der Waals surface area contributed by atoms with Crippen molar-refractivity contribution in [3.05, 3.63) is 137 Å². The van der Waals surface area contributed by atoms with E-state index in [4.69, 9.17) is 4.74 Å². The van der Waals surface area contributed by atoms with Crippen molar-refractivity contribution in [2.45, 2.75) is 37.8 Å². The molecule has 0 aliphatic carbocycles. The lowest BCUT2D eigenvalue weighted by molar-refractivity contribution is 0.0634. The molecule has 2 heterocycles. The highest BCUT2D eigenvalue weighted by Gasteiger charge is 2.27. The summed E-state index contributed by atoms with van der Waals surface area (Å²) in [6.07, 6.45) is -0.0253. The second-order valence-corrected chi connectivity index (χ2v) is 12.6. The fourth-order valence-electron chi connectivity index (χ4n) is 5.50. The summed E-state index contributed by atoms with van der Waals surface area (Å²) in [5.41, 5.74) is 5.58. The molecule has 4 bridgehead atoms. The van der Waals surface area contributed by atoms with Crippen LogP contribution in [0.2, 0.25) is 0 Å². The number of rotatable bonds is 5. The number of ether oxygens (including phenoxy) is 1. The molecule has 1 atom stereocenters. The molecular weight excluding hydrogens is 572 g/mol. The number of anilines is 1. The minimum Gasteiger partial charge on any atom is -0.472 e. The predicted molar refractivity (Wildman–Crippen MR) is 170 cm³/mol. The molecule has 0 spiro atoms. The number of fused-ring (bicyclic) bond motifs is 4. The summed E-state index contributed by atoms with van der Waals surface area (Å²) in [5.74, 6) is -0.217. The number of nitrogens with one attached hydrogen (secondary N) is 1. The molecule has 0 fully saturated rings. The minimum atomic E-state index is -4.14. The van der Waals surface area contributed by atoms with Gasteiger partial charge in [0.25, 0.3) is 15.9 Å². The molecule has 1 aromatic heterocycles. The van der Waals surface area contributed by atoms with Gasteiger partial charge in [-0.1, -0.05) is 84.9 Å². The first-order chi connectivity index (χ1) is 21.2. The molecule has 0 unspecified atom stereocenters. The van der Waals surface area contributed by atoms with Crippen LogP contribution in [0.1, 0.15) is 32.6 Å². The van der Waals surface area contributed by atoms with Crippen molar-refractivity contribution in [2.75, 3.05) is 11.3 Å². The second-order valence-electron chi connectivity index (χ2n) is 10.9. The molecule has 1 N–H and O–H groups in total. The van der Waals surface area contributed by atoms with Gasteiger partial charge in [0.05, 0.1) is 17.1 Å². The van der Waals surface area contributed by atoms with Gasteiger partial charge in [0, 0.05) is 30.2 Å². The number of aryl methyl sites for hydroxylation is 2. The zero-order valence-corrected chi connectivity index (χ0v) is 25.3. The lowest BCUT2D eigenvalue weighted by atomic mass is 10.00. The van der Waals surface area contributed by atoms with Gasteiger partial charge in [-0.15, -0.1) is 0 Å². The van der Waals surface area contributed by atoms with Gasteiger partial charge in [-0.3, -0.25) is 4.79 Å². The number of hydrogen-bond acceptors (Lipinski definition) is 6. The maximum Gasteiger partial charge on any atom is 0.264 e. The summed E-state index contributed by atoms with van der Waals surface area (Å²) in [5, 5.41) is 0. The Bertz CT molecular complexity index is 1890. The normalized spacial score (nSPS) is 16.1. The van der Waals surface area contributed by atoms with Gasteiger partial charge in [0.15, 0.2) is 0 Å². The van der Waals surface area contributed by atoms with Crippen molar-refractivity contribution in [2.24, 2.45) is 0 Å². The summed E-state index contributed by atoms with van der Waals surface area (Å²) >= 11 is 0. The molecule has 1 aliphatic heterocycles. The van der Waals surface area contributed by atoms with Crippen molar-refractivity contribution in [3.63, 3.8) is 0 Å². The number of nitrogens with zero attached hydrogens (tertiary/aromatic N) is 3. The third-order valence-electron chi connectivity index (χ3n) is 7.58. The van der Waals surface area contributed by atoms with Crippen LogP contribution in [-0.4, -0.2) is 41.8 Å². The Kier molecular flexibility index (Phi) is 8.13. The average Bonchev–Trinajstić information content (AvgIpc) is 3.01. The summed E-state index contributed by atoms with van der Waals surface area (Å²) < 4.78 is 36.3. The largest absolute Gasteiger partial charge is 0.472 e. The third-order valence-corrected chi connectivity index (χ3v) is 8.90. The van der Waals surface area contributed by atoms with Crippen LogP contribution in [0.3, 0.4) is 0 Å². The summed E-state index contributed by atoms with van der Waals surface area (Å²) in [6, 6.07) is 33.3. The third kappa shape index (κ3) is 6.48. The van der Waals surface area contributed by atoms with Crippen LogP contribution in [0.4, 0.5) is 5.95 Å². The van der Waals surface area contributed by atoms with E-state index in [1.807, 2.05) is 92.7 Å². The van der Waals surface area contributed by atoms with Gasteiger partial charge in [-0.2, -0.15) is 4.98 Å². The number of sulfonamides is 1. The van der Waals surface area contributed by atoms with Crippen LogP contribution in [0.25, 0.3) is 11.3 Å².